The van der Waals surface area contributed by atoms with Gasteiger partial charge in [-0.25, -0.2) is 0 Å². The van der Waals surface area contributed by atoms with Crippen molar-refractivity contribution in [1.82, 2.24) is 0 Å². The number of hydrogen-bond donors (Lipinski definition) is 1. The van der Waals surface area contributed by atoms with E-state index in [1.165, 1.54) is 0 Å². The molecule has 0 atom stereocenters. The van der Waals surface area contributed by atoms with Gasteiger partial charge in [-0.1, -0.05) is 53.0 Å². The Morgan fingerprint density at radius 2 is 1.79 bits per heavy atom. The highest BCUT2D eigenvalue weighted by Gasteiger charge is 2.07. The average Bonchev–Trinajstić information content (AvgIpc) is 2.01. The van der Waals surface area contributed by atoms with Gasteiger partial charge in [-0.15, -0.1) is 0 Å². The predicted octanol–water partition coefficient (Wildman–Crippen LogP) is 4.82. The Labute approximate surface area is 103 Å². The summed E-state index contributed by atoms with van der Waals surface area (Å²) in [6, 6.07) is 3.66. The van der Waals surface area contributed by atoms with Gasteiger partial charge in [0.15, 0.2) is 0 Å². The number of nitrogens with one attached hydrogen (secondary N) is 1. The van der Waals surface area contributed by atoms with E-state index >= 15 is 0 Å². The largest absolute Gasteiger partial charge is 0.382 e. The minimum atomic E-state index is 0.561. The molecule has 0 radical (unpaired) electrons. The minimum Gasteiger partial charge on any atom is -0.382 e. The van der Waals surface area contributed by atoms with Gasteiger partial charge < -0.3 is 5.32 Å². The molecule has 0 aromatic heterocycles. The molecule has 0 spiro atoms. The number of anilines is 1. The summed E-state index contributed by atoms with van der Waals surface area (Å²) in [6.45, 7) is 5.13. The summed E-state index contributed by atoms with van der Waals surface area (Å²) in [5.74, 6) is 0.561. The lowest BCUT2D eigenvalue weighted by Gasteiger charge is -2.12. The van der Waals surface area contributed by atoms with Gasteiger partial charge in [-0.05, 0) is 18.1 Å². The molecule has 14 heavy (non-hydrogen) atoms. The van der Waals surface area contributed by atoms with Crippen LogP contribution < -0.4 is 5.32 Å². The van der Waals surface area contributed by atoms with E-state index in [1.54, 1.807) is 0 Å². The van der Waals surface area contributed by atoms with Crippen LogP contribution in [0.1, 0.15) is 13.8 Å². The summed E-state index contributed by atoms with van der Waals surface area (Å²) in [7, 11) is 0. The highest BCUT2D eigenvalue weighted by atomic mass is 79.9. The molecule has 0 saturated heterocycles. The van der Waals surface area contributed by atoms with E-state index in [9.17, 15) is 0 Å². The smallest absolute Gasteiger partial charge is 0.0719 e. The molecule has 0 unspecified atom stereocenters. The van der Waals surface area contributed by atoms with Gasteiger partial charge in [-0.3, -0.25) is 0 Å². The molecule has 1 N–H and O–H groups in total. The Hall–Kier alpha value is 0.0800. The fraction of sp³-hybridized carbons (Fsp3) is 0.400. The van der Waals surface area contributed by atoms with Crippen LogP contribution in [0.4, 0.5) is 5.69 Å². The lowest BCUT2D eigenvalue weighted by Crippen LogP contribution is -2.08. The van der Waals surface area contributed by atoms with Gasteiger partial charge in [0, 0.05) is 11.0 Å². The van der Waals surface area contributed by atoms with E-state index in [1.807, 2.05) is 12.1 Å². The summed E-state index contributed by atoms with van der Waals surface area (Å²) in [6.07, 6.45) is 0. The highest BCUT2D eigenvalue weighted by molar-refractivity contribution is 9.10. The van der Waals surface area contributed by atoms with Crippen molar-refractivity contribution in [2.75, 3.05) is 11.9 Å². The van der Waals surface area contributed by atoms with Gasteiger partial charge in [-0.2, -0.15) is 0 Å². The minimum absolute atomic E-state index is 0.561. The molecule has 0 fully saturated rings. The number of rotatable bonds is 3. The predicted molar refractivity (Wildman–Crippen MR) is 67.5 cm³/mol. The Morgan fingerprint density at radius 1 is 1.29 bits per heavy atom. The first-order chi connectivity index (χ1) is 6.50. The summed E-state index contributed by atoms with van der Waals surface area (Å²) >= 11 is 15.4. The van der Waals surface area contributed by atoms with Gasteiger partial charge in [0.05, 0.1) is 15.7 Å². The SMILES string of the molecule is CC(C)CNc1c(Cl)cc(Br)cc1Cl. The molecule has 0 saturated carbocycles. The lowest BCUT2D eigenvalue weighted by molar-refractivity contribution is 0.689. The Balaban J connectivity index is 2.86. The van der Waals surface area contributed by atoms with Crippen molar-refractivity contribution in [3.8, 4) is 0 Å². The van der Waals surface area contributed by atoms with Gasteiger partial charge >= 0.3 is 0 Å². The van der Waals surface area contributed by atoms with Crippen molar-refractivity contribution in [2.45, 2.75) is 13.8 Å². The first-order valence-corrected chi connectivity index (χ1v) is 5.94. The van der Waals surface area contributed by atoms with Crippen LogP contribution in [0, 0.1) is 5.92 Å². The third-order valence-electron chi connectivity index (χ3n) is 1.69. The topological polar surface area (TPSA) is 12.0 Å². The van der Waals surface area contributed by atoms with Crippen LogP contribution in [-0.4, -0.2) is 6.54 Å². The maximum Gasteiger partial charge on any atom is 0.0719 e. The van der Waals surface area contributed by atoms with Gasteiger partial charge in [0.25, 0.3) is 0 Å². The molecule has 0 aliphatic heterocycles. The molecule has 4 heteroatoms. The van der Waals surface area contributed by atoms with Crippen LogP contribution in [0.3, 0.4) is 0 Å². The zero-order valence-electron chi connectivity index (χ0n) is 8.07. The Bertz CT molecular complexity index is 303. The van der Waals surface area contributed by atoms with E-state index in [0.29, 0.717) is 16.0 Å². The zero-order chi connectivity index (χ0) is 10.7. The fourth-order valence-corrected chi connectivity index (χ4v) is 2.36. The van der Waals surface area contributed by atoms with Crippen molar-refractivity contribution >= 4 is 44.8 Å². The second kappa shape index (κ2) is 5.24. The quantitative estimate of drug-likeness (QED) is 0.843. The van der Waals surface area contributed by atoms with E-state index in [2.05, 4.69) is 35.1 Å². The number of benzene rings is 1. The molecule has 1 rings (SSSR count). The van der Waals surface area contributed by atoms with Crippen LogP contribution in [0.25, 0.3) is 0 Å². The second-order valence-electron chi connectivity index (χ2n) is 3.52. The van der Waals surface area contributed by atoms with E-state index in [-0.39, 0.29) is 0 Å². The van der Waals surface area contributed by atoms with Gasteiger partial charge in [0.1, 0.15) is 0 Å². The molecule has 1 nitrogen and oxygen atoms in total. The summed E-state index contributed by atoms with van der Waals surface area (Å²) in [5.41, 5.74) is 0.810. The van der Waals surface area contributed by atoms with Crippen LogP contribution >= 0.6 is 39.1 Å². The van der Waals surface area contributed by atoms with Crippen molar-refractivity contribution in [3.63, 3.8) is 0 Å². The monoisotopic (exact) mass is 295 g/mol. The van der Waals surface area contributed by atoms with Crippen molar-refractivity contribution < 1.29 is 0 Å². The fourth-order valence-electron chi connectivity index (χ4n) is 1.02. The summed E-state index contributed by atoms with van der Waals surface area (Å²) in [5, 5.41) is 4.51. The number of hydrogen-bond acceptors (Lipinski definition) is 1. The summed E-state index contributed by atoms with van der Waals surface area (Å²) in [4.78, 5) is 0. The molecule has 0 aliphatic rings. The molecule has 0 aliphatic carbocycles. The molecular weight excluding hydrogens is 285 g/mol. The standard InChI is InChI=1S/C10H12BrCl2N/c1-6(2)5-14-10-8(12)3-7(11)4-9(10)13/h3-4,6,14H,5H2,1-2H3. The highest BCUT2D eigenvalue weighted by Crippen LogP contribution is 2.33. The van der Waals surface area contributed by atoms with Crippen LogP contribution in [0.5, 0.6) is 0 Å². The van der Waals surface area contributed by atoms with E-state index in [0.717, 1.165) is 16.7 Å². The molecule has 1 aromatic rings. The lowest BCUT2D eigenvalue weighted by atomic mass is 10.2. The first kappa shape index (κ1) is 12.2. The van der Waals surface area contributed by atoms with Crippen molar-refractivity contribution in [1.29, 1.82) is 0 Å². The van der Waals surface area contributed by atoms with Crippen LogP contribution in [-0.2, 0) is 0 Å². The van der Waals surface area contributed by atoms with E-state index in [4.69, 9.17) is 23.2 Å². The van der Waals surface area contributed by atoms with Crippen LogP contribution in [0.15, 0.2) is 16.6 Å². The Morgan fingerprint density at radius 3 is 2.21 bits per heavy atom. The Kier molecular flexibility index (Phi) is 4.55. The zero-order valence-corrected chi connectivity index (χ0v) is 11.2. The first-order valence-electron chi connectivity index (χ1n) is 4.39. The van der Waals surface area contributed by atoms with Crippen molar-refractivity contribution in [3.05, 3.63) is 26.7 Å². The normalized spacial score (nSPS) is 10.7. The third kappa shape index (κ3) is 3.34. The van der Waals surface area contributed by atoms with Gasteiger partial charge in [0.2, 0.25) is 0 Å². The summed E-state index contributed by atoms with van der Waals surface area (Å²) < 4.78 is 0.891. The molecule has 1 aromatic carbocycles. The van der Waals surface area contributed by atoms with E-state index < -0.39 is 0 Å². The number of halogens is 3. The van der Waals surface area contributed by atoms with Crippen molar-refractivity contribution in [2.24, 2.45) is 5.92 Å². The maximum absolute atomic E-state index is 6.04. The second-order valence-corrected chi connectivity index (χ2v) is 5.25. The molecule has 78 valence electrons. The maximum atomic E-state index is 6.04. The molecule has 0 heterocycles. The third-order valence-corrected chi connectivity index (χ3v) is 2.75. The average molecular weight is 297 g/mol. The molecular formula is C10H12BrCl2N. The molecule has 0 bridgehead atoms. The van der Waals surface area contributed by atoms with Crippen LogP contribution in [0.2, 0.25) is 10.0 Å². The molecule has 0 amide bonds.